The number of nitro benzene ring substituents is 1. The van der Waals surface area contributed by atoms with Crippen LogP contribution >= 0.6 is 0 Å². The van der Waals surface area contributed by atoms with Gasteiger partial charge in [0.2, 0.25) is 0 Å². The average molecular weight is 271 g/mol. The minimum atomic E-state index is -0.531. The normalized spacial score (nSPS) is 11.2. The maximum absolute atomic E-state index is 10.7. The van der Waals surface area contributed by atoms with Crippen LogP contribution in [0.1, 0.15) is 12.5 Å². The molecule has 0 amide bonds. The van der Waals surface area contributed by atoms with Crippen LogP contribution in [0.2, 0.25) is 0 Å². The quantitative estimate of drug-likeness (QED) is 0.400. The van der Waals surface area contributed by atoms with Crippen LogP contribution in [-0.4, -0.2) is 10.6 Å². The molecule has 6 heteroatoms. The Morgan fingerprint density at radius 3 is 2.60 bits per heavy atom. The van der Waals surface area contributed by atoms with E-state index < -0.39 is 4.92 Å². The highest BCUT2D eigenvalue weighted by atomic mass is 16.6. The summed E-state index contributed by atoms with van der Waals surface area (Å²) in [6.07, 6.45) is 0. The van der Waals surface area contributed by atoms with Gasteiger partial charge in [-0.3, -0.25) is 10.1 Å². The summed E-state index contributed by atoms with van der Waals surface area (Å²) < 4.78 is 0. The van der Waals surface area contributed by atoms with Crippen LogP contribution in [0.4, 0.5) is 11.4 Å². The van der Waals surface area contributed by atoms with Crippen molar-refractivity contribution in [1.82, 2.24) is 0 Å². The third-order valence-electron chi connectivity index (χ3n) is 2.60. The van der Waals surface area contributed by atoms with E-state index in [0.717, 1.165) is 5.56 Å². The zero-order chi connectivity index (χ0) is 14.5. The minimum absolute atomic E-state index is 0.132. The molecular formula is C14H13N3O3. The highest BCUT2D eigenvalue weighted by Gasteiger charge is 2.09. The first-order chi connectivity index (χ1) is 9.56. The van der Waals surface area contributed by atoms with Gasteiger partial charge in [0.25, 0.3) is 5.69 Å². The molecule has 0 aliphatic carbocycles. The van der Waals surface area contributed by atoms with E-state index in [9.17, 15) is 10.1 Å². The molecule has 0 aliphatic heterocycles. The van der Waals surface area contributed by atoms with E-state index >= 15 is 0 Å². The summed E-state index contributed by atoms with van der Waals surface area (Å²) in [5, 5.41) is 14.7. The number of nitrogens with two attached hydrogens (primary N) is 1. The zero-order valence-corrected chi connectivity index (χ0v) is 10.8. The Hall–Kier alpha value is -2.89. The third kappa shape index (κ3) is 3.32. The van der Waals surface area contributed by atoms with Gasteiger partial charge in [-0.25, -0.2) is 0 Å². The first-order valence-electron chi connectivity index (χ1n) is 5.88. The fraction of sp³-hybridized carbons (Fsp3) is 0.0714. The molecule has 0 atom stereocenters. The topological polar surface area (TPSA) is 90.8 Å². The van der Waals surface area contributed by atoms with Gasteiger partial charge >= 0.3 is 0 Å². The molecular weight excluding hydrogens is 258 g/mol. The number of nitro groups is 1. The predicted octanol–water partition coefficient (Wildman–Crippen LogP) is 2.98. The summed E-state index contributed by atoms with van der Waals surface area (Å²) in [6.45, 7) is 1.79. The molecule has 2 aromatic carbocycles. The minimum Gasteiger partial charge on any atom is -0.398 e. The molecule has 20 heavy (non-hydrogen) atoms. The van der Waals surface area contributed by atoms with E-state index in [1.54, 1.807) is 6.92 Å². The smallest absolute Gasteiger partial charge is 0.275 e. The molecule has 0 saturated carbocycles. The van der Waals surface area contributed by atoms with Crippen LogP contribution in [0.3, 0.4) is 0 Å². The Morgan fingerprint density at radius 2 is 1.95 bits per heavy atom. The number of hydrogen-bond acceptors (Lipinski definition) is 5. The molecule has 0 bridgehead atoms. The molecule has 0 aromatic heterocycles. The molecule has 2 rings (SSSR count). The number of nitrogens with zero attached hydrogens (tertiary/aromatic N) is 2. The maximum Gasteiger partial charge on any atom is 0.275 e. The van der Waals surface area contributed by atoms with Crippen LogP contribution in [0.5, 0.6) is 5.75 Å². The molecule has 0 spiro atoms. The van der Waals surface area contributed by atoms with Crippen molar-refractivity contribution < 1.29 is 9.76 Å². The lowest BCUT2D eigenvalue weighted by Gasteiger charge is -2.03. The Kier molecular flexibility index (Phi) is 3.95. The fourth-order valence-electron chi connectivity index (χ4n) is 1.62. The van der Waals surface area contributed by atoms with Crippen LogP contribution in [0, 0.1) is 10.1 Å². The number of anilines is 1. The van der Waals surface area contributed by atoms with E-state index in [1.165, 1.54) is 18.2 Å². The number of benzene rings is 2. The van der Waals surface area contributed by atoms with Crippen molar-refractivity contribution in [1.29, 1.82) is 0 Å². The predicted molar refractivity (Wildman–Crippen MR) is 76.8 cm³/mol. The molecule has 0 fully saturated rings. The first kappa shape index (κ1) is 13.5. The molecule has 0 aliphatic rings. The van der Waals surface area contributed by atoms with Gasteiger partial charge in [0.1, 0.15) is 0 Å². The highest BCUT2D eigenvalue weighted by molar-refractivity contribution is 5.98. The van der Waals surface area contributed by atoms with Crippen molar-refractivity contribution in [2.24, 2.45) is 5.16 Å². The van der Waals surface area contributed by atoms with Crippen LogP contribution < -0.4 is 10.6 Å². The van der Waals surface area contributed by atoms with E-state index in [1.807, 2.05) is 30.3 Å². The average Bonchev–Trinajstić information content (AvgIpc) is 2.45. The SMILES string of the molecule is C/C(=N\Oc1cc(N)cc([N+](=O)[O-])c1)c1ccccc1. The van der Waals surface area contributed by atoms with Crippen molar-refractivity contribution in [2.75, 3.05) is 5.73 Å². The Bertz CT molecular complexity index is 654. The van der Waals surface area contributed by atoms with Gasteiger partial charge in [-0.1, -0.05) is 35.5 Å². The van der Waals surface area contributed by atoms with Crippen molar-refractivity contribution >= 4 is 17.1 Å². The van der Waals surface area contributed by atoms with Gasteiger partial charge < -0.3 is 10.6 Å². The first-order valence-corrected chi connectivity index (χ1v) is 5.88. The van der Waals surface area contributed by atoms with E-state index in [-0.39, 0.29) is 17.1 Å². The summed E-state index contributed by atoms with van der Waals surface area (Å²) in [4.78, 5) is 15.4. The Morgan fingerprint density at radius 1 is 1.25 bits per heavy atom. The number of hydrogen-bond donors (Lipinski definition) is 1. The van der Waals surface area contributed by atoms with Crippen molar-refractivity contribution in [3.63, 3.8) is 0 Å². The summed E-state index contributed by atoms with van der Waals surface area (Å²) in [6, 6.07) is 13.5. The van der Waals surface area contributed by atoms with Crippen LogP contribution in [0.25, 0.3) is 0 Å². The van der Waals surface area contributed by atoms with E-state index in [2.05, 4.69) is 5.16 Å². The lowest BCUT2D eigenvalue weighted by Crippen LogP contribution is -1.98. The molecule has 0 saturated heterocycles. The molecule has 0 radical (unpaired) electrons. The number of rotatable bonds is 4. The molecule has 2 N–H and O–H groups in total. The Balaban J connectivity index is 2.20. The number of oxime groups is 1. The molecule has 0 heterocycles. The monoisotopic (exact) mass is 271 g/mol. The summed E-state index contributed by atoms with van der Waals surface area (Å²) in [7, 11) is 0. The van der Waals surface area contributed by atoms with Crippen molar-refractivity contribution in [3.8, 4) is 5.75 Å². The second-order valence-electron chi connectivity index (χ2n) is 4.15. The van der Waals surface area contributed by atoms with Gasteiger partial charge in [0.05, 0.1) is 16.7 Å². The van der Waals surface area contributed by atoms with Gasteiger partial charge in [-0.15, -0.1) is 0 Å². The number of nitrogen functional groups attached to an aromatic ring is 1. The molecule has 2 aromatic rings. The van der Waals surface area contributed by atoms with Crippen molar-refractivity contribution in [3.05, 3.63) is 64.2 Å². The van der Waals surface area contributed by atoms with Gasteiger partial charge in [0, 0.05) is 17.8 Å². The fourth-order valence-corrected chi connectivity index (χ4v) is 1.62. The molecule has 0 unspecified atom stereocenters. The second-order valence-corrected chi connectivity index (χ2v) is 4.15. The van der Waals surface area contributed by atoms with Crippen LogP contribution in [0.15, 0.2) is 53.7 Å². The highest BCUT2D eigenvalue weighted by Crippen LogP contribution is 2.24. The third-order valence-corrected chi connectivity index (χ3v) is 2.60. The maximum atomic E-state index is 10.7. The number of non-ortho nitro benzene ring substituents is 1. The second kappa shape index (κ2) is 5.83. The van der Waals surface area contributed by atoms with Gasteiger partial charge in [-0.05, 0) is 12.5 Å². The van der Waals surface area contributed by atoms with E-state index in [4.69, 9.17) is 10.6 Å². The summed E-state index contributed by atoms with van der Waals surface area (Å²) in [5.41, 5.74) is 7.27. The standard InChI is InChI=1S/C14H13N3O3/c1-10(11-5-3-2-4-6-11)16-20-14-8-12(15)7-13(9-14)17(18)19/h2-9H,15H2,1H3/b16-10+. The van der Waals surface area contributed by atoms with Crippen molar-refractivity contribution in [2.45, 2.75) is 6.92 Å². The largest absolute Gasteiger partial charge is 0.398 e. The zero-order valence-electron chi connectivity index (χ0n) is 10.8. The lowest BCUT2D eigenvalue weighted by molar-refractivity contribution is -0.384. The molecule has 102 valence electrons. The van der Waals surface area contributed by atoms with E-state index in [0.29, 0.717) is 5.71 Å². The Labute approximate surface area is 115 Å². The van der Waals surface area contributed by atoms with Crippen LogP contribution in [-0.2, 0) is 0 Å². The molecule has 6 nitrogen and oxygen atoms in total. The van der Waals surface area contributed by atoms with Gasteiger partial charge in [0.15, 0.2) is 5.75 Å². The lowest BCUT2D eigenvalue weighted by atomic mass is 10.1. The summed E-state index contributed by atoms with van der Waals surface area (Å²) >= 11 is 0. The van der Waals surface area contributed by atoms with Gasteiger partial charge in [-0.2, -0.15) is 0 Å². The summed E-state index contributed by atoms with van der Waals surface area (Å²) in [5.74, 6) is 0.229.